The molecule has 1 aromatic carbocycles. The molecule has 0 aromatic heterocycles. The van der Waals surface area contributed by atoms with Gasteiger partial charge in [0.15, 0.2) is 0 Å². The topological polar surface area (TPSA) is 82.8 Å². The molecule has 1 saturated heterocycles. The van der Waals surface area contributed by atoms with Crippen molar-refractivity contribution in [2.24, 2.45) is 0 Å². The minimum atomic E-state index is -0.694. The van der Waals surface area contributed by atoms with Gasteiger partial charge in [-0.2, -0.15) is 5.26 Å². The van der Waals surface area contributed by atoms with Crippen LogP contribution in [0.2, 0.25) is 0 Å². The van der Waals surface area contributed by atoms with E-state index in [0.717, 1.165) is 19.4 Å². The smallest absolute Gasteiger partial charge is 0.323 e. The van der Waals surface area contributed by atoms with Gasteiger partial charge in [-0.15, -0.1) is 0 Å². The highest BCUT2D eigenvalue weighted by Gasteiger charge is 2.32. The SMILES string of the molecule is COC(=O)C1CCCN1CC(O)COc1ccc(C#N)cc1. The van der Waals surface area contributed by atoms with Crippen molar-refractivity contribution >= 4 is 5.97 Å². The number of carbonyl (C=O) groups excluding carboxylic acids is 1. The number of aliphatic hydroxyl groups excluding tert-OH is 1. The number of ether oxygens (including phenoxy) is 2. The molecule has 0 radical (unpaired) electrons. The molecule has 2 unspecified atom stereocenters. The lowest BCUT2D eigenvalue weighted by Gasteiger charge is -2.24. The Bertz CT molecular complexity index is 538. The molecular formula is C16H20N2O4. The van der Waals surface area contributed by atoms with E-state index in [1.807, 2.05) is 11.0 Å². The molecule has 1 aliphatic heterocycles. The van der Waals surface area contributed by atoms with Crippen LogP contribution in [0, 0.1) is 11.3 Å². The Labute approximate surface area is 129 Å². The Morgan fingerprint density at radius 1 is 1.50 bits per heavy atom. The second-order valence-corrected chi connectivity index (χ2v) is 5.28. The molecule has 6 heteroatoms. The molecule has 1 aliphatic rings. The van der Waals surface area contributed by atoms with Gasteiger partial charge in [-0.1, -0.05) is 0 Å². The molecule has 22 heavy (non-hydrogen) atoms. The molecule has 0 aliphatic carbocycles. The fraction of sp³-hybridized carbons (Fsp3) is 0.500. The molecular weight excluding hydrogens is 284 g/mol. The number of nitriles is 1. The van der Waals surface area contributed by atoms with E-state index in [0.29, 0.717) is 17.9 Å². The maximum Gasteiger partial charge on any atom is 0.323 e. The van der Waals surface area contributed by atoms with Gasteiger partial charge >= 0.3 is 5.97 Å². The van der Waals surface area contributed by atoms with Crippen molar-refractivity contribution < 1.29 is 19.4 Å². The number of hydrogen-bond acceptors (Lipinski definition) is 6. The number of nitrogens with zero attached hydrogens (tertiary/aromatic N) is 2. The van der Waals surface area contributed by atoms with Gasteiger partial charge in [0, 0.05) is 6.54 Å². The lowest BCUT2D eigenvalue weighted by molar-refractivity contribution is -0.146. The van der Waals surface area contributed by atoms with Crippen molar-refractivity contribution in [1.29, 1.82) is 5.26 Å². The van der Waals surface area contributed by atoms with E-state index in [1.165, 1.54) is 7.11 Å². The molecule has 1 aromatic rings. The van der Waals surface area contributed by atoms with Crippen molar-refractivity contribution in [2.45, 2.75) is 25.0 Å². The third-order valence-corrected chi connectivity index (χ3v) is 3.71. The van der Waals surface area contributed by atoms with Crippen LogP contribution in [0.1, 0.15) is 18.4 Å². The van der Waals surface area contributed by atoms with Crippen LogP contribution < -0.4 is 4.74 Å². The van der Waals surface area contributed by atoms with Crippen LogP contribution in [-0.2, 0) is 9.53 Å². The van der Waals surface area contributed by atoms with Gasteiger partial charge in [0.05, 0.1) is 18.7 Å². The average Bonchev–Trinajstić information content (AvgIpc) is 3.00. The molecule has 0 amide bonds. The number of aliphatic hydroxyl groups is 1. The van der Waals surface area contributed by atoms with Crippen LogP contribution in [0.3, 0.4) is 0 Å². The maximum atomic E-state index is 11.6. The quantitative estimate of drug-likeness (QED) is 0.787. The number of benzene rings is 1. The number of β-amino-alcohol motifs (C(OH)–C–C–N with tert-alkyl or cyclic N) is 1. The summed E-state index contributed by atoms with van der Waals surface area (Å²) in [5, 5.41) is 18.8. The zero-order valence-corrected chi connectivity index (χ0v) is 12.6. The van der Waals surface area contributed by atoms with Crippen molar-refractivity contribution in [3.8, 4) is 11.8 Å². The number of likely N-dealkylation sites (tertiary alicyclic amines) is 1. The Kier molecular flexibility index (Phi) is 5.75. The van der Waals surface area contributed by atoms with Gasteiger partial charge < -0.3 is 14.6 Å². The summed E-state index contributed by atoms with van der Waals surface area (Å²) in [7, 11) is 1.38. The monoisotopic (exact) mass is 304 g/mol. The first-order chi connectivity index (χ1) is 10.6. The van der Waals surface area contributed by atoms with E-state index in [-0.39, 0.29) is 18.6 Å². The van der Waals surface area contributed by atoms with E-state index in [2.05, 4.69) is 0 Å². The largest absolute Gasteiger partial charge is 0.491 e. The van der Waals surface area contributed by atoms with Crippen LogP contribution >= 0.6 is 0 Å². The van der Waals surface area contributed by atoms with E-state index in [9.17, 15) is 9.90 Å². The Balaban J connectivity index is 1.81. The first-order valence-corrected chi connectivity index (χ1v) is 7.27. The van der Waals surface area contributed by atoms with Crippen LogP contribution in [0.15, 0.2) is 24.3 Å². The summed E-state index contributed by atoms with van der Waals surface area (Å²) in [5.74, 6) is 0.349. The zero-order chi connectivity index (χ0) is 15.9. The first kappa shape index (κ1) is 16.3. The number of esters is 1. The van der Waals surface area contributed by atoms with Crippen LogP contribution in [0.4, 0.5) is 0 Å². The molecule has 2 atom stereocenters. The fourth-order valence-corrected chi connectivity index (χ4v) is 2.59. The lowest BCUT2D eigenvalue weighted by Crippen LogP contribution is -2.42. The molecule has 6 nitrogen and oxygen atoms in total. The standard InChI is InChI=1S/C16H20N2O4/c1-21-16(20)15-3-2-8-18(15)10-13(19)11-22-14-6-4-12(9-17)5-7-14/h4-7,13,15,19H,2-3,8,10-11H2,1H3. The highest BCUT2D eigenvalue weighted by atomic mass is 16.5. The molecule has 1 heterocycles. The average molecular weight is 304 g/mol. The minimum Gasteiger partial charge on any atom is -0.491 e. The third kappa shape index (κ3) is 4.20. The number of rotatable bonds is 6. The molecule has 1 N–H and O–H groups in total. The normalized spacial score (nSPS) is 19.4. The van der Waals surface area contributed by atoms with Gasteiger partial charge in [0.2, 0.25) is 0 Å². The van der Waals surface area contributed by atoms with Crippen molar-refractivity contribution in [1.82, 2.24) is 4.90 Å². The van der Waals surface area contributed by atoms with Gasteiger partial charge in [0.1, 0.15) is 24.5 Å². The second kappa shape index (κ2) is 7.78. The third-order valence-electron chi connectivity index (χ3n) is 3.71. The zero-order valence-electron chi connectivity index (χ0n) is 12.6. The number of hydrogen-bond donors (Lipinski definition) is 1. The summed E-state index contributed by atoms with van der Waals surface area (Å²) in [4.78, 5) is 13.6. The van der Waals surface area contributed by atoms with E-state index in [1.54, 1.807) is 24.3 Å². The summed E-state index contributed by atoms with van der Waals surface area (Å²) in [6.45, 7) is 1.28. The number of carbonyl (C=O) groups is 1. The van der Waals surface area contributed by atoms with Gasteiger partial charge in [-0.25, -0.2) is 0 Å². The summed E-state index contributed by atoms with van der Waals surface area (Å²) in [5.41, 5.74) is 0.561. The minimum absolute atomic E-state index is 0.135. The van der Waals surface area contributed by atoms with Gasteiger partial charge in [-0.3, -0.25) is 9.69 Å². The summed E-state index contributed by atoms with van der Waals surface area (Å²) >= 11 is 0. The Hall–Kier alpha value is -2.10. The first-order valence-electron chi connectivity index (χ1n) is 7.27. The molecule has 0 saturated carbocycles. The highest BCUT2D eigenvalue weighted by Crippen LogP contribution is 2.19. The number of methoxy groups -OCH3 is 1. The second-order valence-electron chi connectivity index (χ2n) is 5.28. The van der Waals surface area contributed by atoms with E-state index < -0.39 is 6.10 Å². The van der Waals surface area contributed by atoms with Crippen molar-refractivity contribution in [2.75, 3.05) is 26.8 Å². The maximum absolute atomic E-state index is 11.6. The van der Waals surface area contributed by atoms with Gasteiger partial charge in [0.25, 0.3) is 0 Å². The molecule has 118 valence electrons. The van der Waals surface area contributed by atoms with Crippen LogP contribution in [0.5, 0.6) is 5.75 Å². The Morgan fingerprint density at radius 2 is 2.23 bits per heavy atom. The van der Waals surface area contributed by atoms with E-state index >= 15 is 0 Å². The predicted molar refractivity (Wildman–Crippen MR) is 79.3 cm³/mol. The van der Waals surface area contributed by atoms with Crippen LogP contribution in [0.25, 0.3) is 0 Å². The summed E-state index contributed by atoms with van der Waals surface area (Å²) in [6, 6.07) is 8.47. The fourth-order valence-electron chi connectivity index (χ4n) is 2.59. The van der Waals surface area contributed by atoms with Crippen LogP contribution in [-0.4, -0.2) is 54.9 Å². The highest BCUT2D eigenvalue weighted by molar-refractivity contribution is 5.75. The summed E-state index contributed by atoms with van der Waals surface area (Å²) < 4.78 is 10.3. The van der Waals surface area contributed by atoms with Crippen molar-refractivity contribution in [3.63, 3.8) is 0 Å². The van der Waals surface area contributed by atoms with E-state index in [4.69, 9.17) is 14.7 Å². The molecule has 0 bridgehead atoms. The van der Waals surface area contributed by atoms with Gasteiger partial charge in [-0.05, 0) is 43.7 Å². The predicted octanol–water partition coefficient (Wildman–Crippen LogP) is 0.935. The molecule has 0 spiro atoms. The molecule has 1 fully saturated rings. The molecule has 2 rings (SSSR count). The van der Waals surface area contributed by atoms with Crippen molar-refractivity contribution in [3.05, 3.63) is 29.8 Å². The summed E-state index contributed by atoms with van der Waals surface area (Å²) in [6.07, 6.45) is 0.986. The Morgan fingerprint density at radius 3 is 2.86 bits per heavy atom. The lowest BCUT2D eigenvalue weighted by atomic mass is 10.2.